The summed E-state index contributed by atoms with van der Waals surface area (Å²) in [6, 6.07) is 0. The van der Waals surface area contributed by atoms with Crippen molar-refractivity contribution in [1.29, 1.82) is 0 Å². The Labute approximate surface area is 131 Å². The van der Waals surface area contributed by atoms with E-state index in [-0.39, 0.29) is 0 Å². The van der Waals surface area contributed by atoms with Crippen LogP contribution in [0, 0.1) is 0 Å². The van der Waals surface area contributed by atoms with Gasteiger partial charge in [0.1, 0.15) is 0 Å². The zero-order chi connectivity index (χ0) is 14.4. The Morgan fingerprint density at radius 2 is 2.05 bits per heavy atom. The lowest BCUT2D eigenvalue weighted by molar-refractivity contribution is 0.247. The molecule has 1 saturated heterocycles. The van der Waals surface area contributed by atoms with Crippen LogP contribution in [-0.4, -0.2) is 72.2 Å². The first-order valence-corrected chi connectivity index (χ1v) is 9.97. The molecule has 0 spiro atoms. The minimum atomic E-state index is 0.327. The monoisotopic (exact) mass is 316 g/mol. The van der Waals surface area contributed by atoms with E-state index in [4.69, 9.17) is 4.99 Å². The molecule has 0 saturated carbocycles. The van der Waals surface area contributed by atoms with Crippen LogP contribution in [0.15, 0.2) is 4.99 Å². The number of nitrogens with zero attached hydrogens (tertiary/aromatic N) is 4. The Bertz CT molecular complexity index is 322. The lowest BCUT2D eigenvalue weighted by atomic mass is 10.2. The Hall–Kier alpha value is 0.0900. The molecule has 1 unspecified atom stereocenters. The lowest BCUT2D eigenvalue weighted by Crippen LogP contribution is -2.35. The van der Waals surface area contributed by atoms with Crippen LogP contribution in [0.25, 0.3) is 0 Å². The van der Waals surface area contributed by atoms with Crippen LogP contribution in [-0.2, 0) is 0 Å². The number of aliphatic imine (C=N–C) groups is 1. The third-order valence-electron chi connectivity index (χ3n) is 3.83. The van der Waals surface area contributed by atoms with Crippen LogP contribution in [0.4, 0.5) is 0 Å². The summed E-state index contributed by atoms with van der Waals surface area (Å²) in [6.07, 6.45) is 5.32. The van der Waals surface area contributed by atoms with Crippen LogP contribution in [0.3, 0.4) is 0 Å². The summed E-state index contributed by atoms with van der Waals surface area (Å²) in [7, 11) is 7.86. The van der Waals surface area contributed by atoms with E-state index < -0.39 is 0 Å². The van der Waals surface area contributed by atoms with Gasteiger partial charge < -0.3 is 9.80 Å². The molecule has 4 nitrogen and oxygen atoms in total. The van der Waals surface area contributed by atoms with E-state index in [2.05, 4.69) is 35.7 Å². The zero-order valence-electron chi connectivity index (χ0n) is 13.0. The summed E-state index contributed by atoms with van der Waals surface area (Å²) in [5.74, 6) is 0. The predicted molar refractivity (Wildman–Crippen MR) is 92.2 cm³/mol. The quantitative estimate of drug-likeness (QED) is 0.573. The standard InChI is InChI=1S/C14H28N4S2/c1-4-5-6-8-17-9-7-10-18(12-11-17)14-15-13(16(2)3)19-20-14/h14H,4-12H2,1-3H3. The summed E-state index contributed by atoms with van der Waals surface area (Å²) in [4.78, 5) is 12.1. The van der Waals surface area contributed by atoms with Gasteiger partial charge in [-0.15, -0.1) is 0 Å². The van der Waals surface area contributed by atoms with Gasteiger partial charge in [0.2, 0.25) is 0 Å². The van der Waals surface area contributed by atoms with Crippen LogP contribution >= 0.6 is 21.6 Å². The second-order valence-electron chi connectivity index (χ2n) is 5.75. The van der Waals surface area contributed by atoms with E-state index in [1.807, 2.05) is 21.6 Å². The molecule has 0 bridgehead atoms. The topological polar surface area (TPSA) is 22.1 Å². The minimum Gasteiger partial charge on any atom is -0.357 e. The molecule has 1 fully saturated rings. The van der Waals surface area contributed by atoms with Gasteiger partial charge in [-0.25, -0.2) is 4.99 Å². The van der Waals surface area contributed by atoms with Crippen molar-refractivity contribution in [1.82, 2.24) is 14.7 Å². The third-order valence-corrected chi connectivity index (χ3v) is 6.37. The number of hydrogen-bond donors (Lipinski definition) is 0. The predicted octanol–water partition coefficient (Wildman–Crippen LogP) is 2.78. The van der Waals surface area contributed by atoms with Crippen LogP contribution < -0.4 is 0 Å². The summed E-state index contributed by atoms with van der Waals surface area (Å²) < 4.78 is 0. The molecule has 116 valence electrons. The highest BCUT2D eigenvalue weighted by Gasteiger charge is 2.27. The molecule has 0 aromatic carbocycles. The first kappa shape index (κ1) is 16.5. The molecule has 2 rings (SSSR count). The Balaban J connectivity index is 1.78. The van der Waals surface area contributed by atoms with Crippen molar-refractivity contribution in [3.63, 3.8) is 0 Å². The average Bonchev–Trinajstić information content (AvgIpc) is 2.81. The molecular formula is C14H28N4S2. The Morgan fingerprint density at radius 3 is 2.75 bits per heavy atom. The van der Waals surface area contributed by atoms with Crippen LogP contribution in [0.5, 0.6) is 0 Å². The molecule has 0 aromatic rings. The maximum Gasteiger partial charge on any atom is 0.172 e. The van der Waals surface area contributed by atoms with Gasteiger partial charge in [0, 0.05) is 33.7 Å². The van der Waals surface area contributed by atoms with Crippen molar-refractivity contribution in [3.05, 3.63) is 0 Å². The van der Waals surface area contributed by atoms with E-state index in [1.54, 1.807) is 0 Å². The number of hydrogen-bond acceptors (Lipinski definition) is 6. The first-order valence-electron chi connectivity index (χ1n) is 7.75. The van der Waals surface area contributed by atoms with Gasteiger partial charge in [-0.05, 0) is 47.5 Å². The third kappa shape index (κ3) is 4.83. The highest BCUT2D eigenvalue weighted by Crippen LogP contribution is 2.38. The highest BCUT2D eigenvalue weighted by molar-refractivity contribution is 8.82. The van der Waals surface area contributed by atoms with Gasteiger partial charge in [-0.2, -0.15) is 0 Å². The SMILES string of the molecule is CCCCCN1CCCN(C2N=C(N(C)C)SS2)CC1. The molecule has 0 amide bonds. The number of rotatable bonds is 5. The highest BCUT2D eigenvalue weighted by atomic mass is 33.1. The smallest absolute Gasteiger partial charge is 0.172 e. The zero-order valence-corrected chi connectivity index (χ0v) is 14.7. The molecule has 6 heteroatoms. The van der Waals surface area contributed by atoms with E-state index in [0.717, 1.165) is 11.7 Å². The second-order valence-corrected chi connectivity index (χ2v) is 7.97. The van der Waals surface area contributed by atoms with Gasteiger partial charge in [0.15, 0.2) is 10.7 Å². The molecule has 2 aliphatic rings. The fourth-order valence-electron chi connectivity index (χ4n) is 2.58. The number of unbranched alkanes of at least 4 members (excludes halogenated alkanes) is 2. The van der Waals surface area contributed by atoms with Crippen molar-refractivity contribution >= 4 is 26.8 Å². The largest absolute Gasteiger partial charge is 0.357 e. The molecule has 20 heavy (non-hydrogen) atoms. The molecule has 0 N–H and O–H groups in total. The van der Waals surface area contributed by atoms with E-state index >= 15 is 0 Å². The Kier molecular flexibility index (Phi) is 7.01. The molecule has 2 heterocycles. The average molecular weight is 317 g/mol. The lowest BCUT2D eigenvalue weighted by Gasteiger charge is -2.24. The van der Waals surface area contributed by atoms with Gasteiger partial charge in [0.05, 0.1) is 0 Å². The van der Waals surface area contributed by atoms with E-state index in [1.165, 1.54) is 51.9 Å². The summed E-state index contributed by atoms with van der Waals surface area (Å²) in [5.41, 5.74) is 0.327. The Morgan fingerprint density at radius 1 is 1.20 bits per heavy atom. The first-order chi connectivity index (χ1) is 9.70. The molecule has 0 radical (unpaired) electrons. The van der Waals surface area contributed by atoms with Crippen molar-refractivity contribution in [2.24, 2.45) is 4.99 Å². The van der Waals surface area contributed by atoms with Gasteiger partial charge >= 0.3 is 0 Å². The summed E-state index contributed by atoms with van der Waals surface area (Å²) in [6.45, 7) is 8.37. The fourth-order valence-corrected chi connectivity index (χ4v) is 5.17. The van der Waals surface area contributed by atoms with Crippen molar-refractivity contribution in [2.75, 3.05) is 46.8 Å². The second kappa shape index (κ2) is 8.51. The molecule has 1 atom stereocenters. The van der Waals surface area contributed by atoms with Crippen molar-refractivity contribution in [3.8, 4) is 0 Å². The minimum absolute atomic E-state index is 0.327. The van der Waals surface area contributed by atoms with E-state index in [9.17, 15) is 0 Å². The van der Waals surface area contributed by atoms with Gasteiger partial charge in [0.25, 0.3) is 0 Å². The molecule has 0 aliphatic carbocycles. The number of amidine groups is 1. The van der Waals surface area contributed by atoms with Gasteiger partial charge in [-0.1, -0.05) is 19.8 Å². The molecule has 2 aliphatic heterocycles. The van der Waals surface area contributed by atoms with Crippen LogP contribution in [0.2, 0.25) is 0 Å². The van der Waals surface area contributed by atoms with Crippen molar-refractivity contribution < 1.29 is 0 Å². The fraction of sp³-hybridized carbons (Fsp3) is 0.929. The summed E-state index contributed by atoms with van der Waals surface area (Å²) in [5, 5.41) is 1.16. The van der Waals surface area contributed by atoms with E-state index in [0.29, 0.717) is 5.50 Å². The van der Waals surface area contributed by atoms with Crippen molar-refractivity contribution in [2.45, 2.75) is 38.1 Å². The molecular weight excluding hydrogens is 288 g/mol. The van der Waals surface area contributed by atoms with Gasteiger partial charge in [-0.3, -0.25) is 4.90 Å². The maximum absolute atomic E-state index is 4.83. The molecule has 0 aromatic heterocycles. The normalized spacial score (nSPS) is 25.6. The van der Waals surface area contributed by atoms with Crippen LogP contribution in [0.1, 0.15) is 32.6 Å². The summed E-state index contributed by atoms with van der Waals surface area (Å²) >= 11 is 0. The maximum atomic E-state index is 4.83.